The van der Waals surface area contributed by atoms with E-state index in [4.69, 9.17) is 4.74 Å². The number of aliphatic hydroxyl groups excluding tert-OH is 1. The van der Waals surface area contributed by atoms with Crippen LogP contribution in [0.3, 0.4) is 0 Å². The first-order valence-corrected chi connectivity index (χ1v) is 23.6. The van der Waals surface area contributed by atoms with Gasteiger partial charge in [-0.15, -0.1) is 0 Å². The van der Waals surface area contributed by atoms with Gasteiger partial charge >= 0.3 is 5.97 Å². The van der Waals surface area contributed by atoms with E-state index in [2.05, 4.69) is 27.7 Å². The number of fused-ring (bicyclic) bond motifs is 6. The van der Waals surface area contributed by atoms with Crippen LogP contribution in [0, 0.1) is 58.2 Å². The monoisotopic (exact) mass is 797 g/mol. The second-order valence-corrected chi connectivity index (χ2v) is 20.5. The van der Waals surface area contributed by atoms with Crippen LogP contribution >= 0.6 is 0 Å². The summed E-state index contributed by atoms with van der Waals surface area (Å²) in [6, 6.07) is -0.605. The summed E-state index contributed by atoms with van der Waals surface area (Å²) < 4.78 is 5.29. The zero-order valence-corrected chi connectivity index (χ0v) is 37.0. The highest BCUT2D eigenvalue weighted by Crippen LogP contribution is 2.66. The molecule has 57 heavy (non-hydrogen) atoms. The Morgan fingerprint density at radius 3 is 1.42 bits per heavy atom. The number of aliphatic hydroxyl groups is 1. The molecule has 10 atom stereocenters. The Morgan fingerprint density at radius 2 is 1.00 bits per heavy atom. The molecule has 0 spiro atoms. The second kappa shape index (κ2) is 20.3. The number of piperidine rings is 2. The van der Waals surface area contributed by atoms with Gasteiger partial charge in [0, 0.05) is 44.4 Å². The molecular weight excluding hydrogens is 717 g/mol. The number of carbonyl (C=O) groups excluding carboxylic acids is 5. The number of amides is 2. The van der Waals surface area contributed by atoms with Gasteiger partial charge in [0.05, 0.1) is 24.6 Å². The number of esters is 1. The maximum Gasteiger partial charge on any atom is 0.309 e. The van der Waals surface area contributed by atoms with E-state index < -0.39 is 0 Å². The van der Waals surface area contributed by atoms with Crippen molar-refractivity contribution in [2.24, 2.45) is 58.2 Å². The highest BCUT2D eigenvalue weighted by molar-refractivity contribution is 5.94. The van der Waals surface area contributed by atoms with Crippen molar-refractivity contribution in [3.63, 3.8) is 0 Å². The Labute approximate surface area is 345 Å². The Hall–Kier alpha value is -2.29. The van der Waals surface area contributed by atoms with Crippen LogP contribution in [0.1, 0.15) is 177 Å². The molecule has 2 aliphatic carbocycles. The number of ether oxygens (including phenoxy) is 1. The smallest absolute Gasteiger partial charge is 0.309 e. The average molecular weight is 797 g/mol. The molecule has 6 fully saturated rings. The molecule has 9 heteroatoms. The highest BCUT2D eigenvalue weighted by Gasteiger charge is 2.70. The SMILES string of the molecule is CCOC(=O)[C@@H]1CCCCCCCCC[C@H](C)C(=O)N2C[C@H]3[C@@H]([C@H]2C(=O)C1)C3(C)C.C[C@H]1CCCCCCCCC[C@@H](CO)CC(=O)[C@@H]2[C@@H]3[C@H](CN2C1=O)C3(C)C. The van der Waals surface area contributed by atoms with Gasteiger partial charge in [-0.25, -0.2) is 0 Å². The van der Waals surface area contributed by atoms with E-state index in [0.717, 1.165) is 57.9 Å². The maximum atomic E-state index is 13.5. The predicted octanol–water partition coefficient (Wildman–Crippen LogP) is 8.97. The molecule has 2 amide bonds. The lowest BCUT2D eigenvalue weighted by molar-refractivity contribution is -0.151. The van der Waals surface area contributed by atoms with Crippen molar-refractivity contribution >= 4 is 29.4 Å². The number of hydrogen-bond donors (Lipinski definition) is 1. The molecule has 4 aliphatic heterocycles. The molecule has 1 N–H and O–H groups in total. The normalized spacial score (nSPS) is 36.8. The fraction of sp³-hybridized carbons (Fsp3) is 0.896. The molecule has 2 saturated carbocycles. The molecule has 0 aromatic carbocycles. The number of rotatable bonds is 3. The summed E-state index contributed by atoms with van der Waals surface area (Å²) in [4.78, 5) is 69.4. The van der Waals surface area contributed by atoms with E-state index >= 15 is 0 Å². The first kappa shape index (κ1) is 45.8. The largest absolute Gasteiger partial charge is 0.466 e. The van der Waals surface area contributed by atoms with Crippen LogP contribution < -0.4 is 0 Å². The van der Waals surface area contributed by atoms with E-state index in [0.29, 0.717) is 43.7 Å². The summed E-state index contributed by atoms with van der Waals surface area (Å²) in [6.45, 7) is 16.6. The average Bonchev–Trinajstić information content (AvgIpc) is 3.63. The molecule has 4 saturated heterocycles. The van der Waals surface area contributed by atoms with Gasteiger partial charge in [0.25, 0.3) is 0 Å². The Morgan fingerprint density at radius 1 is 0.614 bits per heavy atom. The lowest BCUT2D eigenvalue weighted by atomic mass is 9.88. The molecule has 6 aliphatic rings. The Kier molecular flexibility index (Phi) is 16.3. The summed E-state index contributed by atoms with van der Waals surface area (Å²) in [5.41, 5.74) is 0.288. The molecule has 324 valence electrons. The van der Waals surface area contributed by atoms with Crippen LogP contribution in [0.5, 0.6) is 0 Å². The molecule has 0 bridgehead atoms. The molecule has 4 heterocycles. The van der Waals surface area contributed by atoms with Crippen LogP contribution in [-0.2, 0) is 28.7 Å². The van der Waals surface area contributed by atoms with Crippen LogP contribution in [0.4, 0.5) is 0 Å². The topological polar surface area (TPSA) is 121 Å². The van der Waals surface area contributed by atoms with Gasteiger partial charge in [-0.3, -0.25) is 24.0 Å². The van der Waals surface area contributed by atoms with Crippen molar-refractivity contribution in [3.8, 4) is 0 Å². The van der Waals surface area contributed by atoms with E-state index in [1.54, 1.807) is 0 Å². The molecule has 9 nitrogen and oxygen atoms in total. The Balaban J connectivity index is 0.000000219. The van der Waals surface area contributed by atoms with Crippen LogP contribution in [0.25, 0.3) is 0 Å². The standard InChI is InChI=1S/C25H41NO4.C23H39NO3/c1-5-30-24(29)18-14-12-10-8-6-7-9-11-13-17(2)23(28)26-16-19-21(25(19,3)4)22(26)20(27)15-18;1-16-11-9-7-5-4-6-8-10-12-17(15-25)13-19(26)21-20-18(23(20,2)3)14-24(21)22(16)27/h17-19,21-22H,5-16H2,1-4H3;16-18,20-21,25H,4-15H2,1-3H3/t17-,18+,19-,21-,22+;16-,17+,18-,20-,21+/m00/s1. The molecule has 0 aromatic rings. The second-order valence-electron chi connectivity index (χ2n) is 20.5. The van der Waals surface area contributed by atoms with Gasteiger partial charge in [0.2, 0.25) is 11.8 Å². The predicted molar refractivity (Wildman–Crippen MR) is 224 cm³/mol. The first-order valence-electron chi connectivity index (χ1n) is 23.6. The fourth-order valence-electron chi connectivity index (χ4n) is 11.7. The third kappa shape index (κ3) is 10.9. The highest BCUT2D eigenvalue weighted by atomic mass is 16.5. The van der Waals surface area contributed by atoms with E-state index in [1.807, 2.05) is 30.6 Å². The van der Waals surface area contributed by atoms with Crippen molar-refractivity contribution in [3.05, 3.63) is 0 Å². The summed E-state index contributed by atoms with van der Waals surface area (Å²) in [5.74, 6) is 1.44. The zero-order valence-electron chi connectivity index (χ0n) is 37.0. The number of hydrogen-bond acceptors (Lipinski definition) is 7. The van der Waals surface area contributed by atoms with Crippen molar-refractivity contribution < 1.29 is 33.8 Å². The lowest BCUT2D eigenvalue weighted by Crippen LogP contribution is -2.48. The first-order chi connectivity index (χ1) is 27.2. The van der Waals surface area contributed by atoms with E-state index in [-0.39, 0.29) is 94.9 Å². The lowest BCUT2D eigenvalue weighted by Gasteiger charge is -2.32. The van der Waals surface area contributed by atoms with Crippen molar-refractivity contribution in [1.82, 2.24) is 9.80 Å². The number of ketones is 2. The van der Waals surface area contributed by atoms with Crippen molar-refractivity contribution in [2.75, 3.05) is 26.3 Å². The zero-order chi connectivity index (χ0) is 41.5. The van der Waals surface area contributed by atoms with Gasteiger partial charge in [0.15, 0.2) is 11.6 Å². The van der Waals surface area contributed by atoms with Gasteiger partial charge in [-0.2, -0.15) is 0 Å². The quantitative estimate of drug-likeness (QED) is 0.283. The van der Waals surface area contributed by atoms with Crippen molar-refractivity contribution in [2.45, 2.75) is 189 Å². The van der Waals surface area contributed by atoms with Crippen LogP contribution in [0.15, 0.2) is 0 Å². The van der Waals surface area contributed by atoms with Gasteiger partial charge in [-0.05, 0) is 73.0 Å². The number of carbonyl (C=O) groups is 5. The number of Topliss-reactive ketones (excluding diaryl/α,β-unsaturated/α-hetero) is 2. The van der Waals surface area contributed by atoms with E-state index in [9.17, 15) is 29.1 Å². The summed E-state index contributed by atoms with van der Waals surface area (Å²) in [5, 5.41) is 9.78. The van der Waals surface area contributed by atoms with Crippen molar-refractivity contribution in [1.29, 1.82) is 0 Å². The maximum absolute atomic E-state index is 13.5. The van der Waals surface area contributed by atoms with Gasteiger partial charge < -0.3 is 19.6 Å². The van der Waals surface area contributed by atoms with Crippen LogP contribution in [0.2, 0.25) is 0 Å². The third-order valence-electron chi connectivity index (χ3n) is 15.7. The molecular formula is C48H80N2O7. The van der Waals surface area contributed by atoms with Crippen LogP contribution in [-0.4, -0.2) is 82.6 Å². The molecule has 0 unspecified atom stereocenters. The Bertz CT molecular complexity index is 1390. The minimum atomic E-state index is -0.374. The summed E-state index contributed by atoms with van der Waals surface area (Å²) >= 11 is 0. The minimum absolute atomic E-state index is 0.0162. The molecule has 0 aromatic heterocycles. The minimum Gasteiger partial charge on any atom is -0.466 e. The third-order valence-corrected chi connectivity index (χ3v) is 15.7. The molecule has 6 rings (SSSR count). The van der Waals surface area contributed by atoms with Gasteiger partial charge in [0.1, 0.15) is 0 Å². The van der Waals surface area contributed by atoms with E-state index in [1.165, 1.54) is 57.8 Å². The summed E-state index contributed by atoms with van der Waals surface area (Å²) in [7, 11) is 0. The van der Waals surface area contributed by atoms with Gasteiger partial charge in [-0.1, -0.05) is 131 Å². The fourth-order valence-corrected chi connectivity index (χ4v) is 11.7. The summed E-state index contributed by atoms with van der Waals surface area (Å²) in [6.07, 6.45) is 20.4. The molecule has 0 radical (unpaired) electrons. The number of nitrogens with zero attached hydrogens (tertiary/aromatic N) is 2.